The normalized spacial score (nSPS) is 15.8. The van der Waals surface area contributed by atoms with Crippen molar-refractivity contribution in [1.29, 1.82) is 0 Å². The van der Waals surface area contributed by atoms with Crippen LogP contribution in [0.25, 0.3) is 0 Å². The minimum absolute atomic E-state index is 0.0119. The Hall–Kier alpha value is -0.960. The molecule has 1 aliphatic carbocycles. The molecule has 1 aromatic rings. The molecule has 1 amide bonds. The first-order valence-electron chi connectivity index (χ1n) is 5.33. The second-order valence-electron chi connectivity index (χ2n) is 4.06. The minimum atomic E-state index is 0.0119. The van der Waals surface area contributed by atoms with Gasteiger partial charge in [-0.1, -0.05) is 12.5 Å². The molecule has 2 nitrogen and oxygen atoms in total. The Morgan fingerprint density at radius 2 is 2.27 bits per heavy atom. The Labute approximate surface area is 95.5 Å². The summed E-state index contributed by atoms with van der Waals surface area (Å²) in [5.74, 6) is 0.714. The zero-order valence-corrected chi connectivity index (χ0v) is 9.47. The molecule has 2 rings (SSSR count). The fourth-order valence-electron chi connectivity index (χ4n) is 1.68. The van der Waals surface area contributed by atoms with E-state index in [1.165, 1.54) is 19.3 Å². The third-order valence-corrected chi connectivity index (χ3v) is 3.16. The third kappa shape index (κ3) is 2.75. The van der Waals surface area contributed by atoms with Crippen molar-refractivity contribution < 1.29 is 4.79 Å². The molecule has 1 aromatic carbocycles. The first kappa shape index (κ1) is 10.6. The summed E-state index contributed by atoms with van der Waals surface area (Å²) < 4.78 is 0. The van der Waals surface area contributed by atoms with E-state index in [9.17, 15) is 4.79 Å². The van der Waals surface area contributed by atoms with Crippen LogP contribution in [-0.4, -0.2) is 12.5 Å². The minimum Gasteiger partial charge on any atom is -0.352 e. The highest BCUT2D eigenvalue weighted by Gasteiger charge is 2.18. The van der Waals surface area contributed by atoms with E-state index in [1.807, 2.05) is 18.2 Å². The number of rotatable bonds is 3. The monoisotopic (exact) mass is 221 g/mol. The number of benzene rings is 1. The molecule has 15 heavy (non-hydrogen) atoms. The van der Waals surface area contributed by atoms with Gasteiger partial charge in [-0.15, -0.1) is 12.6 Å². The van der Waals surface area contributed by atoms with Gasteiger partial charge in [0, 0.05) is 17.0 Å². The highest BCUT2D eigenvalue weighted by atomic mass is 32.1. The van der Waals surface area contributed by atoms with Crippen molar-refractivity contribution in [2.75, 3.05) is 6.54 Å². The molecule has 0 aromatic heterocycles. The van der Waals surface area contributed by atoms with Gasteiger partial charge in [0.05, 0.1) is 0 Å². The Bertz CT molecular complexity index is 360. The van der Waals surface area contributed by atoms with Gasteiger partial charge in [-0.25, -0.2) is 0 Å². The number of thiol groups is 1. The molecule has 80 valence electrons. The van der Waals surface area contributed by atoms with Crippen molar-refractivity contribution in [3.8, 4) is 0 Å². The molecule has 1 aliphatic rings. The molecular weight excluding hydrogens is 206 g/mol. The first-order valence-corrected chi connectivity index (χ1v) is 5.77. The molecule has 0 heterocycles. The van der Waals surface area contributed by atoms with Gasteiger partial charge < -0.3 is 5.32 Å². The maximum Gasteiger partial charge on any atom is 0.251 e. The highest BCUT2D eigenvalue weighted by Crippen LogP contribution is 2.25. The molecular formula is C12H15NOS. The first-order chi connectivity index (χ1) is 7.25. The summed E-state index contributed by atoms with van der Waals surface area (Å²) in [4.78, 5) is 12.5. The van der Waals surface area contributed by atoms with Crippen molar-refractivity contribution in [3.63, 3.8) is 0 Å². The van der Waals surface area contributed by atoms with E-state index in [2.05, 4.69) is 17.9 Å². The average molecular weight is 221 g/mol. The van der Waals surface area contributed by atoms with E-state index in [4.69, 9.17) is 0 Å². The molecule has 1 N–H and O–H groups in total. The van der Waals surface area contributed by atoms with Crippen LogP contribution in [0.2, 0.25) is 0 Å². The summed E-state index contributed by atoms with van der Waals surface area (Å²) in [5, 5.41) is 2.96. The number of hydrogen-bond acceptors (Lipinski definition) is 2. The largest absolute Gasteiger partial charge is 0.352 e. The van der Waals surface area contributed by atoms with E-state index in [0.717, 1.165) is 11.4 Å². The number of carbonyl (C=O) groups is 1. The summed E-state index contributed by atoms with van der Waals surface area (Å²) in [6.07, 6.45) is 3.83. The molecule has 0 atom stereocenters. The van der Waals surface area contributed by atoms with Gasteiger partial charge in [0.2, 0.25) is 0 Å². The maximum absolute atomic E-state index is 11.7. The smallest absolute Gasteiger partial charge is 0.251 e. The standard InChI is InChI=1S/C12H15NOS/c14-12(13-8-9-3-1-4-9)10-5-2-6-11(15)7-10/h2,5-7,9,15H,1,3-4,8H2,(H,13,14). The van der Waals surface area contributed by atoms with Gasteiger partial charge in [-0.2, -0.15) is 0 Å². The molecule has 0 saturated heterocycles. The van der Waals surface area contributed by atoms with Gasteiger partial charge >= 0.3 is 0 Å². The quantitative estimate of drug-likeness (QED) is 0.754. The van der Waals surface area contributed by atoms with Crippen LogP contribution in [0.1, 0.15) is 29.6 Å². The van der Waals surface area contributed by atoms with Crippen molar-refractivity contribution in [2.24, 2.45) is 5.92 Å². The number of nitrogens with one attached hydrogen (secondary N) is 1. The van der Waals surface area contributed by atoms with Crippen LogP contribution in [0.3, 0.4) is 0 Å². The third-order valence-electron chi connectivity index (χ3n) is 2.88. The number of amides is 1. The predicted molar refractivity (Wildman–Crippen MR) is 63.4 cm³/mol. The molecule has 0 aliphatic heterocycles. The van der Waals surface area contributed by atoms with Crippen molar-refractivity contribution in [2.45, 2.75) is 24.2 Å². The molecule has 0 bridgehead atoms. The predicted octanol–water partition coefficient (Wildman–Crippen LogP) is 2.51. The van der Waals surface area contributed by atoms with E-state index < -0.39 is 0 Å². The van der Waals surface area contributed by atoms with E-state index in [0.29, 0.717) is 11.5 Å². The summed E-state index contributed by atoms with van der Waals surface area (Å²) >= 11 is 4.21. The fourth-order valence-corrected chi connectivity index (χ4v) is 1.91. The summed E-state index contributed by atoms with van der Waals surface area (Å²) in [7, 11) is 0. The Balaban J connectivity index is 1.89. The van der Waals surface area contributed by atoms with Crippen LogP contribution in [0.5, 0.6) is 0 Å². The molecule has 3 heteroatoms. The Morgan fingerprint density at radius 1 is 1.47 bits per heavy atom. The number of hydrogen-bond donors (Lipinski definition) is 2. The van der Waals surface area contributed by atoms with Crippen LogP contribution in [0, 0.1) is 5.92 Å². The van der Waals surface area contributed by atoms with Crippen LogP contribution in [-0.2, 0) is 0 Å². The molecule has 1 fully saturated rings. The van der Waals surface area contributed by atoms with Gasteiger partial charge in [-0.3, -0.25) is 4.79 Å². The molecule has 0 unspecified atom stereocenters. The van der Waals surface area contributed by atoms with Crippen LogP contribution in [0.15, 0.2) is 29.2 Å². The molecule has 0 spiro atoms. The summed E-state index contributed by atoms with van der Waals surface area (Å²) in [5.41, 5.74) is 0.696. The molecule has 1 saturated carbocycles. The van der Waals surface area contributed by atoms with Gasteiger partial charge in [0.25, 0.3) is 5.91 Å². The lowest BCUT2D eigenvalue weighted by Gasteiger charge is -2.25. The van der Waals surface area contributed by atoms with Crippen LogP contribution < -0.4 is 5.32 Å². The second kappa shape index (κ2) is 4.71. The number of carbonyl (C=O) groups excluding carboxylic acids is 1. The highest BCUT2D eigenvalue weighted by molar-refractivity contribution is 7.80. The van der Waals surface area contributed by atoms with Gasteiger partial charge in [0.1, 0.15) is 0 Å². The van der Waals surface area contributed by atoms with Gasteiger partial charge in [-0.05, 0) is 37.0 Å². The van der Waals surface area contributed by atoms with E-state index >= 15 is 0 Å². The Kier molecular flexibility index (Phi) is 3.31. The zero-order chi connectivity index (χ0) is 10.7. The molecule has 0 radical (unpaired) electrons. The van der Waals surface area contributed by atoms with Crippen molar-refractivity contribution in [1.82, 2.24) is 5.32 Å². The van der Waals surface area contributed by atoms with E-state index in [-0.39, 0.29) is 5.91 Å². The second-order valence-corrected chi connectivity index (χ2v) is 4.57. The average Bonchev–Trinajstić information content (AvgIpc) is 2.15. The lowest BCUT2D eigenvalue weighted by Crippen LogP contribution is -2.32. The maximum atomic E-state index is 11.7. The van der Waals surface area contributed by atoms with Crippen molar-refractivity contribution >= 4 is 18.5 Å². The van der Waals surface area contributed by atoms with E-state index in [1.54, 1.807) is 6.07 Å². The Morgan fingerprint density at radius 3 is 2.87 bits per heavy atom. The van der Waals surface area contributed by atoms with Crippen LogP contribution >= 0.6 is 12.6 Å². The summed E-state index contributed by atoms with van der Waals surface area (Å²) in [6.45, 7) is 0.815. The lowest BCUT2D eigenvalue weighted by atomic mass is 9.85. The zero-order valence-electron chi connectivity index (χ0n) is 8.57. The van der Waals surface area contributed by atoms with Crippen molar-refractivity contribution in [3.05, 3.63) is 29.8 Å². The topological polar surface area (TPSA) is 29.1 Å². The lowest BCUT2D eigenvalue weighted by molar-refractivity contribution is 0.0939. The SMILES string of the molecule is O=C(NCC1CCC1)c1cccc(S)c1. The fraction of sp³-hybridized carbons (Fsp3) is 0.417. The van der Waals surface area contributed by atoms with Gasteiger partial charge in [0.15, 0.2) is 0 Å². The van der Waals surface area contributed by atoms with Crippen LogP contribution in [0.4, 0.5) is 0 Å². The summed E-state index contributed by atoms with van der Waals surface area (Å²) in [6, 6.07) is 7.32.